The van der Waals surface area contributed by atoms with Gasteiger partial charge in [-0.3, -0.25) is 9.59 Å². The van der Waals surface area contributed by atoms with Crippen molar-refractivity contribution in [3.8, 4) is 0 Å². The Bertz CT molecular complexity index is 860. The molecule has 5 nitrogen and oxygen atoms in total. The molecule has 1 N–H and O–H groups in total. The van der Waals surface area contributed by atoms with Crippen molar-refractivity contribution in [3.05, 3.63) is 65.2 Å². The lowest BCUT2D eigenvalue weighted by Gasteiger charge is -2.07. The SMILES string of the molecule is O=C(OCC(=O)c1cc(F)ccc1F)c1ccc(NC(=O)C2CC2)cc1. The molecule has 3 rings (SSSR count). The third-order valence-corrected chi connectivity index (χ3v) is 3.90. The van der Waals surface area contributed by atoms with Crippen molar-refractivity contribution in [1.29, 1.82) is 0 Å². The second kappa shape index (κ2) is 7.43. The Morgan fingerprint density at radius 2 is 1.73 bits per heavy atom. The maximum atomic E-state index is 13.5. The van der Waals surface area contributed by atoms with Gasteiger partial charge in [-0.15, -0.1) is 0 Å². The van der Waals surface area contributed by atoms with Gasteiger partial charge in [0.25, 0.3) is 0 Å². The van der Waals surface area contributed by atoms with Crippen LogP contribution in [0.15, 0.2) is 42.5 Å². The smallest absolute Gasteiger partial charge is 0.338 e. The first-order valence-corrected chi connectivity index (χ1v) is 8.00. The van der Waals surface area contributed by atoms with Crippen molar-refractivity contribution in [2.24, 2.45) is 5.92 Å². The Morgan fingerprint density at radius 1 is 1.04 bits per heavy atom. The van der Waals surface area contributed by atoms with E-state index < -0.39 is 35.6 Å². The molecule has 1 fully saturated rings. The van der Waals surface area contributed by atoms with Gasteiger partial charge < -0.3 is 10.1 Å². The number of nitrogens with one attached hydrogen (secondary N) is 1. The Balaban J connectivity index is 1.56. The van der Waals surface area contributed by atoms with E-state index in [1.54, 1.807) is 12.1 Å². The first-order valence-electron chi connectivity index (χ1n) is 8.00. The quantitative estimate of drug-likeness (QED) is 0.634. The number of esters is 1. The molecule has 1 aliphatic rings. The lowest BCUT2D eigenvalue weighted by atomic mass is 10.1. The van der Waals surface area contributed by atoms with E-state index in [2.05, 4.69) is 5.32 Å². The fourth-order valence-electron chi connectivity index (χ4n) is 2.28. The Morgan fingerprint density at radius 3 is 2.38 bits per heavy atom. The first kappa shape index (κ1) is 17.7. The van der Waals surface area contributed by atoms with E-state index in [-0.39, 0.29) is 17.4 Å². The maximum Gasteiger partial charge on any atom is 0.338 e. The molecule has 0 radical (unpaired) electrons. The zero-order chi connectivity index (χ0) is 18.7. The number of amides is 1. The van der Waals surface area contributed by atoms with E-state index in [4.69, 9.17) is 4.74 Å². The summed E-state index contributed by atoms with van der Waals surface area (Å²) in [5.41, 5.74) is 0.245. The summed E-state index contributed by atoms with van der Waals surface area (Å²) in [6.07, 6.45) is 1.77. The minimum atomic E-state index is -0.886. The molecule has 0 heterocycles. The minimum Gasteiger partial charge on any atom is -0.454 e. The molecule has 0 saturated heterocycles. The average Bonchev–Trinajstić information content (AvgIpc) is 3.47. The highest BCUT2D eigenvalue weighted by atomic mass is 19.1. The first-order chi connectivity index (χ1) is 12.4. The molecule has 0 unspecified atom stereocenters. The molecule has 2 aromatic rings. The van der Waals surface area contributed by atoms with Crippen LogP contribution in [0, 0.1) is 17.6 Å². The second-order valence-electron chi connectivity index (χ2n) is 5.96. The van der Waals surface area contributed by atoms with Gasteiger partial charge in [-0.25, -0.2) is 13.6 Å². The molecule has 26 heavy (non-hydrogen) atoms. The van der Waals surface area contributed by atoms with E-state index in [0.29, 0.717) is 5.69 Å². The molecule has 0 aromatic heterocycles. The highest BCUT2D eigenvalue weighted by molar-refractivity contribution is 6.00. The third kappa shape index (κ3) is 4.30. The monoisotopic (exact) mass is 359 g/mol. The average molecular weight is 359 g/mol. The predicted molar refractivity (Wildman–Crippen MR) is 88.8 cm³/mol. The number of hydrogen-bond donors (Lipinski definition) is 1. The molecule has 134 valence electrons. The van der Waals surface area contributed by atoms with Gasteiger partial charge in [0.05, 0.1) is 11.1 Å². The van der Waals surface area contributed by atoms with Crippen molar-refractivity contribution in [1.82, 2.24) is 0 Å². The van der Waals surface area contributed by atoms with Gasteiger partial charge in [0.15, 0.2) is 6.61 Å². The van der Waals surface area contributed by atoms with Crippen molar-refractivity contribution in [2.45, 2.75) is 12.8 Å². The molecular weight excluding hydrogens is 344 g/mol. The number of carbonyl (C=O) groups excluding carboxylic acids is 3. The van der Waals surface area contributed by atoms with Crippen LogP contribution in [-0.2, 0) is 9.53 Å². The number of hydrogen-bond acceptors (Lipinski definition) is 4. The molecular formula is C19H15F2NO4. The summed E-state index contributed by atoms with van der Waals surface area (Å²) in [4.78, 5) is 35.5. The van der Waals surface area contributed by atoms with Gasteiger partial charge in [-0.05, 0) is 55.3 Å². The number of carbonyl (C=O) groups is 3. The van der Waals surface area contributed by atoms with Gasteiger partial charge in [0.1, 0.15) is 11.6 Å². The summed E-state index contributed by atoms with van der Waals surface area (Å²) < 4.78 is 31.5. The van der Waals surface area contributed by atoms with Gasteiger partial charge in [-0.2, -0.15) is 0 Å². The van der Waals surface area contributed by atoms with Gasteiger partial charge in [0, 0.05) is 11.6 Å². The third-order valence-electron chi connectivity index (χ3n) is 3.90. The summed E-state index contributed by atoms with van der Waals surface area (Å²) in [5.74, 6) is -3.26. The molecule has 1 aliphatic carbocycles. The normalized spacial score (nSPS) is 13.2. The standard InChI is InChI=1S/C19H15F2NO4/c20-13-5-8-16(21)15(9-13)17(23)10-26-19(25)12-3-6-14(7-4-12)22-18(24)11-1-2-11/h3-9,11H,1-2,10H2,(H,22,24). The number of benzene rings is 2. The van der Waals surface area contributed by atoms with Gasteiger partial charge >= 0.3 is 5.97 Å². The minimum absolute atomic E-state index is 0.0527. The molecule has 1 saturated carbocycles. The number of Topliss-reactive ketones (excluding diaryl/α,β-unsaturated/α-hetero) is 1. The summed E-state index contributed by atoms with van der Waals surface area (Å²) in [6, 6.07) is 8.45. The maximum absolute atomic E-state index is 13.5. The second-order valence-corrected chi connectivity index (χ2v) is 5.96. The highest BCUT2D eigenvalue weighted by Crippen LogP contribution is 2.30. The van der Waals surface area contributed by atoms with Crippen molar-refractivity contribution in [2.75, 3.05) is 11.9 Å². The van der Waals surface area contributed by atoms with Crippen LogP contribution < -0.4 is 5.32 Å². The molecule has 0 atom stereocenters. The number of ketones is 1. The summed E-state index contributed by atoms with van der Waals surface area (Å²) in [6.45, 7) is -0.709. The zero-order valence-corrected chi connectivity index (χ0v) is 13.6. The molecule has 7 heteroatoms. The summed E-state index contributed by atoms with van der Waals surface area (Å²) in [7, 11) is 0. The van der Waals surface area contributed by atoms with Crippen LogP contribution in [0.5, 0.6) is 0 Å². The molecule has 0 bridgehead atoms. The van der Waals surface area contributed by atoms with Gasteiger partial charge in [0.2, 0.25) is 11.7 Å². The van der Waals surface area contributed by atoms with E-state index in [0.717, 1.165) is 31.0 Å². The van der Waals surface area contributed by atoms with Crippen LogP contribution >= 0.6 is 0 Å². The molecule has 0 spiro atoms. The van der Waals surface area contributed by atoms with Crippen molar-refractivity contribution >= 4 is 23.3 Å². The fraction of sp³-hybridized carbons (Fsp3) is 0.211. The van der Waals surface area contributed by atoms with Crippen molar-refractivity contribution in [3.63, 3.8) is 0 Å². The highest BCUT2D eigenvalue weighted by Gasteiger charge is 2.29. The zero-order valence-electron chi connectivity index (χ0n) is 13.6. The summed E-state index contributed by atoms with van der Waals surface area (Å²) in [5, 5.41) is 2.73. The van der Waals surface area contributed by atoms with Crippen LogP contribution in [0.4, 0.5) is 14.5 Å². The van der Waals surface area contributed by atoms with E-state index in [1.807, 2.05) is 0 Å². The van der Waals surface area contributed by atoms with Gasteiger partial charge in [-0.1, -0.05) is 0 Å². The predicted octanol–water partition coefficient (Wildman–Crippen LogP) is 3.35. The van der Waals surface area contributed by atoms with E-state index in [1.165, 1.54) is 12.1 Å². The Kier molecular flexibility index (Phi) is 5.06. The lowest BCUT2D eigenvalue weighted by Crippen LogP contribution is -2.16. The Hall–Kier alpha value is -3.09. The van der Waals surface area contributed by atoms with Crippen LogP contribution in [-0.4, -0.2) is 24.3 Å². The van der Waals surface area contributed by atoms with Crippen LogP contribution in [0.1, 0.15) is 33.6 Å². The number of ether oxygens (including phenoxy) is 1. The number of rotatable bonds is 6. The summed E-state index contributed by atoms with van der Waals surface area (Å²) >= 11 is 0. The van der Waals surface area contributed by atoms with Crippen LogP contribution in [0.2, 0.25) is 0 Å². The number of anilines is 1. The van der Waals surface area contributed by atoms with Crippen LogP contribution in [0.25, 0.3) is 0 Å². The topological polar surface area (TPSA) is 72.5 Å². The van der Waals surface area contributed by atoms with E-state index in [9.17, 15) is 23.2 Å². The largest absolute Gasteiger partial charge is 0.454 e. The molecule has 0 aliphatic heterocycles. The van der Waals surface area contributed by atoms with Crippen LogP contribution in [0.3, 0.4) is 0 Å². The molecule has 2 aromatic carbocycles. The van der Waals surface area contributed by atoms with E-state index >= 15 is 0 Å². The fourth-order valence-corrected chi connectivity index (χ4v) is 2.28. The number of halogens is 2. The lowest BCUT2D eigenvalue weighted by molar-refractivity contribution is -0.117. The Labute approximate surface area is 148 Å². The van der Waals surface area contributed by atoms with Crippen molar-refractivity contribution < 1.29 is 27.9 Å². The molecule has 1 amide bonds.